The Morgan fingerprint density at radius 1 is 1.28 bits per heavy atom. The Morgan fingerprint density at radius 3 is 2.45 bits per heavy atom. The fourth-order valence-electron chi connectivity index (χ4n) is 4.08. The molecule has 0 saturated carbocycles. The number of halogens is 1. The summed E-state index contributed by atoms with van der Waals surface area (Å²) in [6.45, 7) is 1.68. The maximum atomic E-state index is 13.1. The monoisotopic (exact) mass is 414 g/mol. The minimum absolute atomic E-state index is 0.0512. The third-order valence-electron chi connectivity index (χ3n) is 5.26. The van der Waals surface area contributed by atoms with Crippen LogP contribution in [-0.4, -0.2) is 41.4 Å². The van der Waals surface area contributed by atoms with Gasteiger partial charge in [-0.15, -0.1) is 0 Å². The number of benzene rings is 1. The molecule has 1 fully saturated rings. The van der Waals surface area contributed by atoms with Crippen LogP contribution in [0.5, 0.6) is 0 Å². The van der Waals surface area contributed by atoms with E-state index in [9.17, 15) is 19.6 Å². The van der Waals surface area contributed by atoms with Crippen LogP contribution in [0.15, 0.2) is 48.2 Å². The summed E-state index contributed by atoms with van der Waals surface area (Å²) in [6, 6.07) is 6.59. The minimum Gasteiger partial charge on any atom is -0.465 e. The number of carbonyl (C=O) groups is 3. The van der Waals surface area contributed by atoms with Crippen LogP contribution in [0.2, 0.25) is 5.02 Å². The molecule has 0 aliphatic carbocycles. The van der Waals surface area contributed by atoms with Crippen LogP contribution in [0.1, 0.15) is 18.4 Å². The first-order valence-corrected chi connectivity index (χ1v) is 9.26. The van der Waals surface area contributed by atoms with Gasteiger partial charge in [0.2, 0.25) is 11.8 Å². The molecule has 150 valence electrons. The topological polar surface area (TPSA) is 140 Å². The number of ether oxygens (including phenoxy) is 1. The maximum Gasteiger partial charge on any atom is 0.329 e. The number of amides is 2. The lowest BCUT2D eigenvalue weighted by Crippen LogP contribution is -2.45. The lowest BCUT2D eigenvalue weighted by Gasteiger charge is -2.32. The van der Waals surface area contributed by atoms with Crippen molar-refractivity contribution < 1.29 is 19.1 Å². The first-order valence-electron chi connectivity index (χ1n) is 8.88. The fraction of sp³-hybridized carbons (Fsp3) is 0.300. The van der Waals surface area contributed by atoms with Gasteiger partial charge in [0.1, 0.15) is 6.04 Å². The van der Waals surface area contributed by atoms with Gasteiger partial charge < -0.3 is 21.1 Å². The highest BCUT2D eigenvalue weighted by atomic mass is 35.5. The van der Waals surface area contributed by atoms with Crippen molar-refractivity contribution in [2.24, 2.45) is 16.9 Å². The van der Waals surface area contributed by atoms with Gasteiger partial charge in [-0.2, -0.15) is 5.26 Å². The van der Waals surface area contributed by atoms with Crippen molar-refractivity contribution in [2.75, 3.05) is 6.61 Å². The highest BCUT2D eigenvalue weighted by Gasteiger charge is 2.66. The smallest absolute Gasteiger partial charge is 0.329 e. The second-order valence-electron chi connectivity index (χ2n) is 6.78. The van der Waals surface area contributed by atoms with E-state index in [1.54, 1.807) is 31.2 Å². The number of nitriles is 1. The molecule has 2 heterocycles. The van der Waals surface area contributed by atoms with E-state index in [1.165, 1.54) is 23.3 Å². The van der Waals surface area contributed by atoms with E-state index in [1.807, 2.05) is 0 Å². The van der Waals surface area contributed by atoms with E-state index in [4.69, 9.17) is 27.8 Å². The van der Waals surface area contributed by atoms with Crippen molar-refractivity contribution in [1.82, 2.24) is 4.90 Å². The van der Waals surface area contributed by atoms with Gasteiger partial charge in [0.15, 0.2) is 5.41 Å². The van der Waals surface area contributed by atoms with Crippen molar-refractivity contribution in [1.29, 1.82) is 5.26 Å². The van der Waals surface area contributed by atoms with Gasteiger partial charge in [-0.3, -0.25) is 14.4 Å². The van der Waals surface area contributed by atoms with E-state index in [0.717, 1.165) is 0 Å². The first-order chi connectivity index (χ1) is 13.8. The van der Waals surface area contributed by atoms with Crippen LogP contribution in [0.4, 0.5) is 0 Å². The van der Waals surface area contributed by atoms with Crippen molar-refractivity contribution in [3.63, 3.8) is 0 Å². The number of fused-ring (bicyclic) bond motifs is 1. The van der Waals surface area contributed by atoms with Crippen molar-refractivity contribution in [3.8, 4) is 6.07 Å². The van der Waals surface area contributed by atoms with E-state index in [0.29, 0.717) is 10.6 Å². The molecule has 2 amide bonds. The van der Waals surface area contributed by atoms with Gasteiger partial charge in [-0.05, 0) is 30.7 Å². The number of hydrogen-bond acceptors (Lipinski definition) is 6. The number of carbonyl (C=O) groups excluding carboxylic acids is 3. The number of nitrogens with two attached hydrogens (primary N) is 2. The lowest BCUT2D eigenvalue weighted by atomic mass is 9.68. The number of esters is 1. The molecule has 8 nitrogen and oxygen atoms in total. The molecule has 29 heavy (non-hydrogen) atoms. The minimum atomic E-state index is -1.78. The van der Waals surface area contributed by atoms with Crippen LogP contribution >= 0.6 is 11.6 Å². The summed E-state index contributed by atoms with van der Waals surface area (Å²) in [5.41, 5.74) is 9.93. The normalized spacial score (nSPS) is 27.6. The van der Waals surface area contributed by atoms with Gasteiger partial charge >= 0.3 is 5.97 Å². The van der Waals surface area contributed by atoms with Gasteiger partial charge in [0.25, 0.3) is 0 Å². The number of hydrogen-bond donors (Lipinski definition) is 2. The molecule has 0 spiro atoms. The molecule has 2 aliphatic heterocycles. The highest BCUT2D eigenvalue weighted by Crippen LogP contribution is 2.53. The van der Waals surface area contributed by atoms with Crippen LogP contribution in [0, 0.1) is 16.7 Å². The van der Waals surface area contributed by atoms with E-state index in [2.05, 4.69) is 6.07 Å². The van der Waals surface area contributed by atoms with Gasteiger partial charge in [0, 0.05) is 17.1 Å². The zero-order valence-corrected chi connectivity index (χ0v) is 16.3. The summed E-state index contributed by atoms with van der Waals surface area (Å²) >= 11 is 5.98. The molecule has 1 aromatic carbocycles. The summed E-state index contributed by atoms with van der Waals surface area (Å²) in [5.74, 6) is -3.20. The molecule has 0 radical (unpaired) electrons. The highest BCUT2D eigenvalue weighted by molar-refractivity contribution is 6.30. The first kappa shape index (κ1) is 20.4. The molecule has 1 saturated heterocycles. The van der Waals surface area contributed by atoms with Crippen LogP contribution < -0.4 is 11.5 Å². The summed E-state index contributed by atoms with van der Waals surface area (Å²) in [6.07, 6.45) is 4.30. The molecule has 0 unspecified atom stereocenters. The largest absolute Gasteiger partial charge is 0.465 e. The SMILES string of the molecule is CCOC(=O)[C@@]1(C#N)[C@H](c2ccc(Cl)cc2)[C@@H](C(N)=O)N2C=C(C(N)=O)C=C[C@@H]21. The van der Waals surface area contributed by atoms with E-state index >= 15 is 0 Å². The molecular weight excluding hydrogens is 396 g/mol. The molecule has 2 aliphatic rings. The van der Waals surface area contributed by atoms with Crippen LogP contribution in [0.3, 0.4) is 0 Å². The fourth-order valence-corrected chi connectivity index (χ4v) is 4.20. The summed E-state index contributed by atoms with van der Waals surface area (Å²) in [4.78, 5) is 38.7. The molecular formula is C20H19ClN4O4. The average molecular weight is 415 g/mol. The summed E-state index contributed by atoms with van der Waals surface area (Å²) in [7, 11) is 0. The van der Waals surface area contributed by atoms with E-state index in [-0.39, 0.29) is 12.2 Å². The quantitative estimate of drug-likeness (QED) is 0.688. The number of primary amides is 2. The predicted octanol–water partition coefficient (Wildman–Crippen LogP) is 0.974. The van der Waals surface area contributed by atoms with Crippen molar-refractivity contribution in [3.05, 3.63) is 58.8 Å². The Balaban J connectivity index is 2.28. The Kier molecular flexibility index (Phi) is 5.36. The number of nitrogens with zero attached hydrogens (tertiary/aromatic N) is 2. The molecule has 3 rings (SSSR count). The zero-order valence-electron chi connectivity index (χ0n) is 15.5. The van der Waals surface area contributed by atoms with Crippen LogP contribution in [0.25, 0.3) is 0 Å². The second-order valence-corrected chi connectivity index (χ2v) is 7.21. The lowest BCUT2D eigenvalue weighted by molar-refractivity contribution is -0.153. The average Bonchev–Trinajstić information content (AvgIpc) is 2.99. The molecule has 4 atom stereocenters. The Hall–Kier alpha value is -3.31. The molecule has 1 aromatic rings. The van der Waals surface area contributed by atoms with Crippen molar-refractivity contribution >= 4 is 29.4 Å². The molecule has 4 N–H and O–H groups in total. The van der Waals surface area contributed by atoms with Crippen molar-refractivity contribution in [2.45, 2.75) is 24.9 Å². The summed E-state index contributed by atoms with van der Waals surface area (Å²) in [5, 5.41) is 10.7. The Morgan fingerprint density at radius 2 is 1.93 bits per heavy atom. The van der Waals surface area contributed by atoms with Gasteiger partial charge in [-0.25, -0.2) is 0 Å². The Bertz CT molecular complexity index is 966. The zero-order chi connectivity index (χ0) is 21.3. The third kappa shape index (κ3) is 3.13. The van der Waals surface area contributed by atoms with Gasteiger partial charge in [-0.1, -0.05) is 29.8 Å². The Labute approximate surface area is 172 Å². The molecule has 0 aromatic heterocycles. The second kappa shape index (κ2) is 7.60. The van der Waals surface area contributed by atoms with Crippen LogP contribution in [-0.2, 0) is 19.1 Å². The molecule has 9 heteroatoms. The standard InChI is InChI=1S/C20H19ClN4O4/c1-2-29-19(28)20(10-22)14-8-5-12(17(23)26)9-25(14)16(18(24)27)15(20)11-3-6-13(21)7-4-11/h3-9,14-16H,2H2,1H3,(H2,23,26)(H2,24,27)/t14-,15-,16+,20-/m1/s1. The predicted molar refractivity (Wildman–Crippen MR) is 104 cm³/mol. The maximum absolute atomic E-state index is 13.1. The van der Waals surface area contributed by atoms with Gasteiger partial charge in [0.05, 0.1) is 24.3 Å². The van der Waals surface area contributed by atoms with E-state index < -0.39 is 41.2 Å². The third-order valence-corrected chi connectivity index (χ3v) is 5.52. The molecule has 0 bridgehead atoms. The summed E-state index contributed by atoms with van der Waals surface area (Å²) < 4.78 is 5.23. The number of rotatable bonds is 5.